The number of hydrogen-bond acceptors (Lipinski definition) is 5. The van der Waals surface area contributed by atoms with E-state index in [1.54, 1.807) is 0 Å². The molecule has 2 aromatic rings. The van der Waals surface area contributed by atoms with Gasteiger partial charge >= 0.3 is 6.03 Å². The third-order valence-corrected chi connectivity index (χ3v) is 6.40. The molecule has 0 saturated carbocycles. The van der Waals surface area contributed by atoms with Crippen molar-refractivity contribution in [3.63, 3.8) is 0 Å². The third kappa shape index (κ3) is 4.23. The van der Waals surface area contributed by atoms with Crippen LogP contribution in [0.2, 0.25) is 5.02 Å². The zero-order valence-electron chi connectivity index (χ0n) is 17.7. The summed E-state index contributed by atoms with van der Waals surface area (Å²) in [5, 5.41) is 7.16. The Morgan fingerprint density at radius 2 is 2.10 bits per heavy atom. The Bertz CT molecular complexity index is 943. The van der Waals surface area contributed by atoms with E-state index >= 15 is 0 Å². The van der Waals surface area contributed by atoms with Crippen LogP contribution < -0.4 is 10.6 Å². The highest BCUT2D eigenvalue weighted by Gasteiger charge is 2.41. The van der Waals surface area contributed by atoms with E-state index < -0.39 is 5.54 Å². The third-order valence-electron chi connectivity index (χ3n) is 5.98. The van der Waals surface area contributed by atoms with E-state index in [-0.39, 0.29) is 6.03 Å². The van der Waals surface area contributed by atoms with Crippen LogP contribution in [0.5, 0.6) is 0 Å². The second-order valence-electron chi connectivity index (χ2n) is 8.47. The van der Waals surface area contributed by atoms with Crippen LogP contribution >= 0.6 is 11.6 Å². The molecule has 8 heteroatoms. The maximum atomic E-state index is 13.0. The number of rotatable bonds is 4. The van der Waals surface area contributed by atoms with Gasteiger partial charge in [-0.15, -0.1) is 0 Å². The van der Waals surface area contributed by atoms with Gasteiger partial charge in [0, 0.05) is 42.6 Å². The number of halogens is 1. The zero-order valence-corrected chi connectivity index (χ0v) is 18.4. The number of carbonyl (C=O) groups is 1. The molecule has 0 atom stereocenters. The van der Waals surface area contributed by atoms with Crippen molar-refractivity contribution in [2.24, 2.45) is 0 Å². The quantitative estimate of drug-likeness (QED) is 0.768. The van der Waals surface area contributed by atoms with Crippen molar-refractivity contribution in [2.45, 2.75) is 58.3 Å². The first kappa shape index (κ1) is 20.9. The number of anilines is 1. The molecule has 0 radical (unpaired) electrons. The zero-order chi connectivity index (χ0) is 21.3. The summed E-state index contributed by atoms with van der Waals surface area (Å²) in [6.45, 7) is 8.44. The molecule has 1 saturated heterocycles. The molecule has 0 unspecified atom stereocenters. The fourth-order valence-corrected chi connectivity index (χ4v) is 4.17. The summed E-state index contributed by atoms with van der Waals surface area (Å²) in [5.41, 5.74) is 3.41. The molecule has 0 aliphatic carbocycles. The fourth-order valence-electron chi connectivity index (χ4n) is 4.05. The number of nitrogens with one attached hydrogen (secondary N) is 2. The van der Waals surface area contributed by atoms with E-state index in [1.807, 2.05) is 50.1 Å². The second-order valence-corrected chi connectivity index (χ2v) is 8.88. The maximum absolute atomic E-state index is 13.0. The number of ether oxygens (including phenoxy) is 1. The van der Waals surface area contributed by atoms with Gasteiger partial charge in [0.25, 0.3) is 0 Å². The van der Waals surface area contributed by atoms with Crippen LogP contribution in [-0.2, 0) is 23.4 Å². The Balaban J connectivity index is 1.43. The van der Waals surface area contributed by atoms with E-state index in [0.29, 0.717) is 25.1 Å². The van der Waals surface area contributed by atoms with Gasteiger partial charge in [-0.3, -0.25) is 0 Å². The number of aryl methyl sites for hydroxylation is 1. The van der Waals surface area contributed by atoms with Crippen molar-refractivity contribution < 1.29 is 9.53 Å². The smallest absolute Gasteiger partial charge is 0.318 e. The Labute approximate surface area is 182 Å². The number of hydrogen-bond donors (Lipinski definition) is 2. The van der Waals surface area contributed by atoms with Gasteiger partial charge in [-0.05, 0) is 50.8 Å². The van der Waals surface area contributed by atoms with Crippen molar-refractivity contribution in [2.75, 3.05) is 18.5 Å². The lowest BCUT2D eigenvalue weighted by Crippen LogP contribution is -2.45. The summed E-state index contributed by atoms with van der Waals surface area (Å²) >= 11 is 6.09. The Hall–Kier alpha value is -2.38. The Morgan fingerprint density at radius 1 is 1.33 bits per heavy atom. The molecule has 1 fully saturated rings. The van der Waals surface area contributed by atoms with E-state index in [9.17, 15) is 4.79 Å². The van der Waals surface area contributed by atoms with Crippen LogP contribution in [0, 0.1) is 6.92 Å². The summed E-state index contributed by atoms with van der Waals surface area (Å²) in [4.78, 5) is 24.0. The lowest BCUT2D eigenvalue weighted by molar-refractivity contribution is 0.0903. The Morgan fingerprint density at radius 3 is 2.83 bits per heavy atom. The van der Waals surface area contributed by atoms with Gasteiger partial charge in [-0.2, -0.15) is 0 Å². The Kier molecular flexibility index (Phi) is 5.84. The van der Waals surface area contributed by atoms with Crippen LogP contribution in [0.1, 0.15) is 49.1 Å². The molecule has 1 aromatic carbocycles. The van der Waals surface area contributed by atoms with Gasteiger partial charge in [0.1, 0.15) is 0 Å². The highest BCUT2D eigenvalue weighted by atomic mass is 35.5. The van der Waals surface area contributed by atoms with Crippen molar-refractivity contribution in [1.82, 2.24) is 20.2 Å². The summed E-state index contributed by atoms with van der Waals surface area (Å²) in [6.07, 6.45) is 3.75. The van der Waals surface area contributed by atoms with Crippen LogP contribution in [-0.4, -0.2) is 40.2 Å². The molecule has 2 aliphatic rings. The topological polar surface area (TPSA) is 79.4 Å². The van der Waals surface area contributed by atoms with Gasteiger partial charge in [-0.25, -0.2) is 14.8 Å². The molecule has 7 nitrogen and oxygen atoms in total. The molecule has 2 N–H and O–H groups in total. The van der Waals surface area contributed by atoms with Crippen LogP contribution in [0.15, 0.2) is 24.4 Å². The average Bonchev–Trinajstić information content (AvgIpc) is 2.99. The van der Waals surface area contributed by atoms with Crippen LogP contribution in [0.3, 0.4) is 0 Å². The van der Waals surface area contributed by atoms with Crippen LogP contribution in [0.25, 0.3) is 0 Å². The van der Waals surface area contributed by atoms with Crippen molar-refractivity contribution in [1.29, 1.82) is 0 Å². The summed E-state index contributed by atoms with van der Waals surface area (Å²) in [7, 11) is 0. The molecule has 4 rings (SSSR count). The van der Waals surface area contributed by atoms with Crippen molar-refractivity contribution in [3.8, 4) is 0 Å². The number of nitrogens with zero attached hydrogens (tertiary/aromatic N) is 3. The summed E-state index contributed by atoms with van der Waals surface area (Å²) < 4.78 is 5.41. The number of amides is 2. The van der Waals surface area contributed by atoms with E-state index in [0.717, 1.165) is 53.5 Å². The standard InChI is InChI=1S/C22H28ClN5O2/c1-14-10-15(4-5-18(14)23)11-25-21(29)28-13-19-17(22(28,2)3)12-24-20(27-19)26-16-6-8-30-9-7-16/h4-5,10,12,16H,6-9,11,13H2,1-3H3,(H,25,29)(H,24,26,27). The predicted octanol–water partition coefficient (Wildman–Crippen LogP) is 3.99. The SMILES string of the molecule is Cc1cc(CNC(=O)N2Cc3nc(NC4CCOCC4)ncc3C2(C)C)ccc1Cl. The van der Waals surface area contributed by atoms with Gasteiger partial charge < -0.3 is 20.3 Å². The number of carbonyl (C=O) groups excluding carboxylic acids is 1. The summed E-state index contributed by atoms with van der Waals surface area (Å²) in [6, 6.07) is 5.99. The van der Waals surface area contributed by atoms with E-state index in [4.69, 9.17) is 21.3 Å². The molecular formula is C22H28ClN5O2. The second kappa shape index (κ2) is 8.40. The summed E-state index contributed by atoms with van der Waals surface area (Å²) in [5.74, 6) is 0.621. The number of urea groups is 1. The molecule has 0 bridgehead atoms. The average molecular weight is 430 g/mol. The molecule has 30 heavy (non-hydrogen) atoms. The molecular weight excluding hydrogens is 402 g/mol. The van der Waals surface area contributed by atoms with Gasteiger partial charge in [0.15, 0.2) is 0 Å². The molecule has 3 heterocycles. The van der Waals surface area contributed by atoms with Crippen molar-refractivity contribution in [3.05, 3.63) is 51.8 Å². The minimum Gasteiger partial charge on any atom is -0.381 e. The lowest BCUT2D eigenvalue weighted by Gasteiger charge is -2.32. The first-order valence-corrected chi connectivity index (χ1v) is 10.7. The maximum Gasteiger partial charge on any atom is 0.318 e. The monoisotopic (exact) mass is 429 g/mol. The molecule has 2 aliphatic heterocycles. The first-order chi connectivity index (χ1) is 14.3. The number of benzene rings is 1. The molecule has 2 amide bonds. The normalized spacial score (nSPS) is 18.2. The lowest BCUT2D eigenvalue weighted by atomic mass is 9.97. The predicted molar refractivity (Wildman–Crippen MR) is 116 cm³/mol. The minimum atomic E-state index is -0.480. The largest absolute Gasteiger partial charge is 0.381 e. The van der Waals surface area contributed by atoms with Gasteiger partial charge in [0.05, 0.1) is 17.8 Å². The van der Waals surface area contributed by atoms with Crippen LogP contribution in [0.4, 0.5) is 10.7 Å². The van der Waals surface area contributed by atoms with Gasteiger partial charge in [-0.1, -0.05) is 23.7 Å². The minimum absolute atomic E-state index is 0.121. The highest BCUT2D eigenvalue weighted by molar-refractivity contribution is 6.31. The molecule has 160 valence electrons. The molecule has 0 spiro atoms. The highest BCUT2D eigenvalue weighted by Crippen LogP contribution is 2.37. The van der Waals surface area contributed by atoms with E-state index in [2.05, 4.69) is 15.6 Å². The fraction of sp³-hybridized carbons (Fsp3) is 0.500. The number of aromatic nitrogens is 2. The van der Waals surface area contributed by atoms with E-state index in [1.165, 1.54) is 0 Å². The molecule has 1 aromatic heterocycles. The van der Waals surface area contributed by atoms with Gasteiger partial charge in [0.2, 0.25) is 5.95 Å². The van der Waals surface area contributed by atoms with Crippen molar-refractivity contribution >= 4 is 23.6 Å². The first-order valence-electron chi connectivity index (χ1n) is 10.4. The number of fused-ring (bicyclic) bond motifs is 1.